The quantitative estimate of drug-likeness (QED) is 0.639. The van der Waals surface area contributed by atoms with Crippen molar-refractivity contribution < 1.29 is 13.9 Å². The van der Waals surface area contributed by atoms with E-state index >= 15 is 0 Å². The zero-order chi connectivity index (χ0) is 21.1. The summed E-state index contributed by atoms with van der Waals surface area (Å²) in [6, 6.07) is 12.0. The third kappa shape index (κ3) is 4.35. The Hall–Kier alpha value is -3.22. The number of carbonyl (C=O) groups is 1. The molecule has 0 spiro atoms. The zero-order valence-electron chi connectivity index (χ0n) is 17.2. The Labute approximate surface area is 175 Å². The van der Waals surface area contributed by atoms with Crippen molar-refractivity contribution >= 4 is 5.91 Å². The molecule has 2 aromatic carbocycles. The molecule has 1 aliphatic heterocycles. The van der Waals surface area contributed by atoms with Crippen molar-refractivity contribution in [1.29, 1.82) is 0 Å². The predicted octanol–water partition coefficient (Wildman–Crippen LogP) is 4.03. The number of benzene rings is 2. The average molecular weight is 408 g/mol. The maximum Gasteiger partial charge on any atom is 0.256 e. The van der Waals surface area contributed by atoms with E-state index in [1.54, 1.807) is 24.5 Å². The lowest BCUT2D eigenvalue weighted by atomic mass is 9.93. The summed E-state index contributed by atoms with van der Waals surface area (Å²) < 4.78 is 19.2. The Balaban J connectivity index is 1.51. The van der Waals surface area contributed by atoms with E-state index in [2.05, 4.69) is 17.1 Å². The van der Waals surface area contributed by atoms with Gasteiger partial charge in [0.25, 0.3) is 5.91 Å². The first-order chi connectivity index (χ1) is 14.5. The van der Waals surface area contributed by atoms with Gasteiger partial charge in [0, 0.05) is 24.6 Å². The first kappa shape index (κ1) is 20.1. The van der Waals surface area contributed by atoms with Crippen molar-refractivity contribution in [3.63, 3.8) is 0 Å². The molecule has 30 heavy (non-hydrogen) atoms. The lowest BCUT2D eigenvalue weighted by Crippen LogP contribution is -2.47. The van der Waals surface area contributed by atoms with Crippen LogP contribution in [0, 0.1) is 18.7 Å². The highest BCUT2D eigenvalue weighted by Crippen LogP contribution is 2.27. The van der Waals surface area contributed by atoms with Gasteiger partial charge in [-0.15, -0.1) is 0 Å². The normalized spacial score (nSPS) is 19.0. The van der Waals surface area contributed by atoms with Crippen LogP contribution >= 0.6 is 0 Å². The van der Waals surface area contributed by atoms with E-state index in [4.69, 9.17) is 4.74 Å². The number of hydrogen-bond acceptors (Lipinski definition) is 4. The van der Waals surface area contributed by atoms with Crippen LogP contribution in [0.5, 0.6) is 5.75 Å². The third-order valence-corrected chi connectivity index (χ3v) is 5.54. The molecule has 0 bridgehead atoms. The van der Waals surface area contributed by atoms with Gasteiger partial charge in [-0.2, -0.15) is 15.0 Å². The van der Waals surface area contributed by atoms with Crippen molar-refractivity contribution in [3.05, 3.63) is 71.8 Å². The van der Waals surface area contributed by atoms with Crippen LogP contribution in [0.15, 0.2) is 54.9 Å². The molecule has 0 aliphatic carbocycles. The van der Waals surface area contributed by atoms with E-state index < -0.39 is 0 Å². The Morgan fingerprint density at radius 2 is 1.97 bits per heavy atom. The number of amides is 1. The fourth-order valence-electron chi connectivity index (χ4n) is 3.86. The highest BCUT2D eigenvalue weighted by molar-refractivity contribution is 5.98. The molecule has 0 radical (unpaired) electrons. The number of aryl methyl sites for hydroxylation is 1. The summed E-state index contributed by atoms with van der Waals surface area (Å²) in [6.07, 6.45) is 5.04. The van der Waals surface area contributed by atoms with Crippen molar-refractivity contribution in [1.82, 2.24) is 19.9 Å². The number of likely N-dealkylation sites (tertiary alicyclic amines) is 1. The Morgan fingerprint density at radius 3 is 2.73 bits per heavy atom. The summed E-state index contributed by atoms with van der Waals surface area (Å²) in [7, 11) is 0. The number of carbonyl (C=O) groups excluding carboxylic acids is 1. The molecule has 4 rings (SSSR count). The maximum atomic E-state index is 13.5. The minimum absolute atomic E-state index is 0.0334. The summed E-state index contributed by atoms with van der Waals surface area (Å²) in [5.74, 6) is 0.344. The van der Waals surface area contributed by atoms with Gasteiger partial charge in [0.1, 0.15) is 11.6 Å². The van der Waals surface area contributed by atoms with Gasteiger partial charge in [0.15, 0.2) is 0 Å². The smallest absolute Gasteiger partial charge is 0.256 e. The summed E-state index contributed by atoms with van der Waals surface area (Å²) in [6.45, 7) is 5.08. The number of hydrogen-bond donors (Lipinski definition) is 0. The van der Waals surface area contributed by atoms with E-state index in [-0.39, 0.29) is 23.7 Å². The summed E-state index contributed by atoms with van der Waals surface area (Å²) >= 11 is 0. The topological polar surface area (TPSA) is 60.2 Å². The monoisotopic (exact) mass is 408 g/mol. The minimum Gasteiger partial charge on any atom is -0.493 e. The second-order valence-corrected chi connectivity index (χ2v) is 7.86. The van der Waals surface area contributed by atoms with Gasteiger partial charge in [-0.1, -0.05) is 17.7 Å². The number of nitrogens with zero attached hydrogens (tertiary/aromatic N) is 4. The molecule has 3 aromatic rings. The van der Waals surface area contributed by atoms with Gasteiger partial charge >= 0.3 is 0 Å². The maximum absolute atomic E-state index is 13.5. The molecular formula is C23H25FN4O2. The summed E-state index contributed by atoms with van der Waals surface area (Å²) in [5, 5.41) is 8.39. The largest absolute Gasteiger partial charge is 0.493 e. The van der Waals surface area contributed by atoms with Crippen molar-refractivity contribution in [2.24, 2.45) is 5.92 Å². The first-order valence-electron chi connectivity index (χ1n) is 10.2. The molecule has 2 heterocycles. The van der Waals surface area contributed by atoms with Gasteiger partial charge in [-0.3, -0.25) is 4.79 Å². The molecule has 1 saturated heterocycles. The molecule has 1 fully saturated rings. The standard InChI is InChI=1S/C23H25FN4O2/c1-16-6-9-22(28-25-10-11-26-28)21(12-16)23(29)27-14-18(8-7-17(27)2)15-30-20-5-3-4-19(24)13-20/h3-6,9-13,17-18H,7-8,14-15H2,1-2H3. The Morgan fingerprint density at radius 1 is 1.17 bits per heavy atom. The third-order valence-electron chi connectivity index (χ3n) is 5.54. The van der Waals surface area contributed by atoms with Crippen molar-refractivity contribution in [3.8, 4) is 11.4 Å². The van der Waals surface area contributed by atoms with Crippen LogP contribution in [-0.2, 0) is 0 Å². The van der Waals surface area contributed by atoms with Crippen LogP contribution < -0.4 is 4.74 Å². The van der Waals surface area contributed by atoms with Gasteiger partial charge in [-0.05, 0) is 51.0 Å². The molecule has 156 valence electrons. The van der Waals surface area contributed by atoms with Crippen LogP contribution in [0.4, 0.5) is 4.39 Å². The SMILES string of the molecule is Cc1ccc(-n2nccn2)c(C(=O)N2CC(COc3cccc(F)c3)CCC2C)c1. The molecule has 6 nitrogen and oxygen atoms in total. The number of ether oxygens (including phenoxy) is 1. The van der Waals surface area contributed by atoms with E-state index in [1.165, 1.54) is 16.9 Å². The highest BCUT2D eigenvalue weighted by atomic mass is 19.1. The minimum atomic E-state index is -0.319. The second kappa shape index (κ2) is 8.65. The van der Waals surface area contributed by atoms with E-state index in [0.717, 1.165) is 18.4 Å². The summed E-state index contributed by atoms with van der Waals surface area (Å²) in [4.78, 5) is 16.9. The first-order valence-corrected chi connectivity index (χ1v) is 10.2. The van der Waals surface area contributed by atoms with Crippen molar-refractivity contribution in [2.45, 2.75) is 32.7 Å². The molecule has 1 aromatic heterocycles. The fourth-order valence-corrected chi connectivity index (χ4v) is 3.86. The van der Waals surface area contributed by atoms with Gasteiger partial charge < -0.3 is 9.64 Å². The van der Waals surface area contributed by atoms with E-state index in [1.807, 2.05) is 30.0 Å². The molecule has 2 atom stereocenters. The van der Waals surface area contributed by atoms with Crippen molar-refractivity contribution in [2.75, 3.05) is 13.2 Å². The number of aromatic nitrogens is 3. The van der Waals surface area contributed by atoms with Crippen LogP contribution in [0.2, 0.25) is 0 Å². The highest BCUT2D eigenvalue weighted by Gasteiger charge is 2.31. The van der Waals surface area contributed by atoms with Gasteiger partial charge in [-0.25, -0.2) is 4.39 Å². The van der Waals surface area contributed by atoms with Crippen LogP contribution in [-0.4, -0.2) is 45.0 Å². The number of halogens is 1. The van der Waals surface area contributed by atoms with Crippen LogP contribution in [0.25, 0.3) is 5.69 Å². The second-order valence-electron chi connectivity index (χ2n) is 7.86. The lowest BCUT2D eigenvalue weighted by molar-refractivity contribution is 0.0505. The van der Waals surface area contributed by atoms with E-state index in [9.17, 15) is 9.18 Å². The predicted molar refractivity (Wildman–Crippen MR) is 111 cm³/mol. The van der Waals surface area contributed by atoms with Crippen LogP contribution in [0.1, 0.15) is 35.7 Å². The number of rotatable bonds is 5. The van der Waals surface area contributed by atoms with Gasteiger partial charge in [0.05, 0.1) is 30.3 Å². The summed E-state index contributed by atoms with van der Waals surface area (Å²) in [5.41, 5.74) is 2.26. The molecule has 0 saturated carbocycles. The van der Waals surface area contributed by atoms with E-state index in [0.29, 0.717) is 30.2 Å². The van der Waals surface area contributed by atoms with Gasteiger partial charge in [0.2, 0.25) is 0 Å². The molecule has 1 amide bonds. The Kier molecular flexibility index (Phi) is 5.79. The zero-order valence-corrected chi connectivity index (χ0v) is 17.2. The number of piperidine rings is 1. The van der Waals surface area contributed by atoms with Crippen LogP contribution in [0.3, 0.4) is 0 Å². The molecule has 2 unspecified atom stereocenters. The fraction of sp³-hybridized carbons (Fsp3) is 0.348. The molecule has 1 aliphatic rings. The molecule has 0 N–H and O–H groups in total. The average Bonchev–Trinajstić information content (AvgIpc) is 3.27. The molecular weight excluding hydrogens is 383 g/mol. The lowest BCUT2D eigenvalue weighted by Gasteiger charge is -2.38. The molecule has 7 heteroatoms. The Bertz CT molecular complexity index is 1020.